The summed E-state index contributed by atoms with van der Waals surface area (Å²) in [4.78, 5) is 49.3. The molecular formula is C31H49NO11. The van der Waals surface area contributed by atoms with Crippen molar-refractivity contribution < 1.29 is 52.3 Å². The molecule has 12 heteroatoms. The molecule has 1 unspecified atom stereocenters. The summed E-state index contributed by atoms with van der Waals surface area (Å²) in [6.45, 7) is 20.5. The van der Waals surface area contributed by atoms with Crippen LogP contribution >= 0.6 is 0 Å². The number of hydrogen-bond acceptors (Lipinski definition) is 12. The molecule has 2 N–H and O–H groups in total. The summed E-state index contributed by atoms with van der Waals surface area (Å²) >= 11 is 0. The summed E-state index contributed by atoms with van der Waals surface area (Å²) in [7, 11) is 0. The second-order valence-electron chi connectivity index (χ2n) is 14.1. The van der Waals surface area contributed by atoms with Gasteiger partial charge in [-0.25, -0.2) is 14.4 Å². The second-order valence-corrected chi connectivity index (χ2v) is 14.1. The van der Waals surface area contributed by atoms with Crippen LogP contribution in [-0.4, -0.2) is 62.5 Å². The molecule has 0 aromatic heterocycles. The summed E-state index contributed by atoms with van der Waals surface area (Å²) in [5.74, 6) is -0.970. The van der Waals surface area contributed by atoms with Gasteiger partial charge in [0.05, 0.1) is 19.8 Å². The van der Waals surface area contributed by atoms with E-state index in [1.807, 2.05) is 62.3 Å². The third-order valence-corrected chi connectivity index (χ3v) is 5.27. The molecule has 0 saturated carbocycles. The van der Waals surface area contributed by atoms with E-state index in [0.717, 1.165) is 0 Å². The lowest BCUT2D eigenvalue weighted by molar-refractivity contribution is -0.155. The van der Waals surface area contributed by atoms with Crippen molar-refractivity contribution in [3.8, 4) is 11.5 Å². The quantitative estimate of drug-likeness (QED) is 0.172. The van der Waals surface area contributed by atoms with Gasteiger partial charge in [-0.3, -0.25) is 4.79 Å². The van der Waals surface area contributed by atoms with E-state index in [-0.39, 0.29) is 54.0 Å². The average Bonchev–Trinajstić information content (AvgIpc) is 2.85. The summed E-state index contributed by atoms with van der Waals surface area (Å²) < 4.78 is 36.6. The summed E-state index contributed by atoms with van der Waals surface area (Å²) in [6.07, 6.45) is -4.48. The van der Waals surface area contributed by atoms with E-state index in [9.17, 15) is 19.2 Å². The van der Waals surface area contributed by atoms with Crippen LogP contribution in [0, 0.1) is 16.2 Å². The van der Waals surface area contributed by atoms with E-state index in [2.05, 4.69) is 0 Å². The molecule has 0 spiro atoms. The van der Waals surface area contributed by atoms with Gasteiger partial charge in [-0.2, -0.15) is 0 Å². The minimum Gasteiger partial charge on any atom is -0.458 e. The third-order valence-electron chi connectivity index (χ3n) is 5.27. The van der Waals surface area contributed by atoms with Gasteiger partial charge in [-0.15, -0.1) is 0 Å². The van der Waals surface area contributed by atoms with Crippen LogP contribution in [0.1, 0.15) is 81.7 Å². The van der Waals surface area contributed by atoms with Crippen molar-refractivity contribution in [2.24, 2.45) is 22.0 Å². The Morgan fingerprint density at radius 2 is 1.07 bits per heavy atom. The first-order chi connectivity index (χ1) is 19.5. The first kappa shape index (κ1) is 37.5. The lowest BCUT2D eigenvalue weighted by atomic mass is 9.99. The molecule has 0 aliphatic rings. The van der Waals surface area contributed by atoms with Crippen molar-refractivity contribution in [2.45, 2.75) is 101 Å². The molecule has 0 saturated heterocycles. The molecule has 3 atom stereocenters. The first-order valence-electron chi connectivity index (χ1n) is 14.2. The molecule has 1 aromatic carbocycles. The highest BCUT2D eigenvalue weighted by Gasteiger charge is 2.26. The number of esters is 1. The molecule has 1 aromatic rings. The van der Waals surface area contributed by atoms with Crippen LogP contribution in [0.2, 0.25) is 0 Å². The van der Waals surface area contributed by atoms with Gasteiger partial charge in [0, 0.05) is 0 Å². The molecule has 43 heavy (non-hydrogen) atoms. The Hall–Kier alpha value is -3.54. The summed E-state index contributed by atoms with van der Waals surface area (Å²) in [5, 5.41) is 0. The number of ether oxygens (including phenoxy) is 7. The van der Waals surface area contributed by atoms with Crippen molar-refractivity contribution in [1.82, 2.24) is 0 Å². The van der Waals surface area contributed by atoms with E-state index < -0.39 is 42.7 Å². The maximum Gasteiger partial charge on any atom is 0.513 e. The number of hydrogen-bond donors (Lipinski definition) is 1. The Balaban J connectivity index is 2.93. The SMILES string of the molecule is CC(OC(=O)OCC(C)(C)C)[C@H](C)OC(=O)[C@@H](N)Cc1ccc(OC(=O)OCC(C)(C)C)c(OC(=O)OCC(C)(C)C)c1. The molecule has 1 rings (SSSR count). The van der Waals surface area contributed by atoms with Crippen molar-refractivity contribution in [3.63, 3.8) is 0 Å². The van der Waals surface area contributed by atoms with E-state index >= 15 is 0 Å². The van der Waals surface area contributed by atoms with Crippen LogP contribution < -0.4 is 15.2 Å². The van der Waals surface area contributed by atoms with Gasteiger partial charge in [0.1, 0.15) is 18.2 Å². The van der Waals surface area contributed by atoms with E-state index in [1.54, 1.807) is 19.9 Å². The first-order valence-corrected chi connectivity index (χ1v) is 14.2. The Morgan fingerprint density at radius 1 is 0.651 bits per heavy atom. The maximum absolute atomic E-state index is 12.7. The fourth-order valence-electron chi connectivity index (χ4n) is 2.89. The fourth-order valence-corrected chi connectivity index (χ4v) is 2.89. The highest BCUT2D eigenvalue weighted by molar-refractivity contribution is 5.76. The van der Waals surface area contributed by atoms with Gasteiger partial charge in [-0.1, -0.05) is 68.4 Å². The molecule has 244 valence electrons. The van der Waals surface area contributed by atoms with Gasteiger partial charge in [-0.05, 0) is 54.2 Å². The van der Waals surface area contributed by atoms with Gasteiger partial charge in [0.2, 0.25) is 0 Å². The van der Waals surface area contributed by atoms with Crippen molar-refractivity contribution >= 4 is 24.4 Å². The molecule has 0 amide bonds. The highest BCUT2D eigenvalue weighted by atomic mass is 16.7. The largest absolute Gasteiger partial charge is 0.513 e. The molecule has 0 aliphatic heterocycles. The number of nitrogens with two attached hydrogens (primary N) is 1. The molecule has 0 bridgehead atoms. The Bertz CT molecular complexity index is 1100. The molecule has 0 fully saturated rings. The monoisotopic (exact) mass is 611 g/mol. The normalized spacial score (nSPS) is 14.0. The Kier molecular flexibility index (Phi) is 13.8. The summed E-state index contributed by atoms with van der Waals surface area (Å²) in [5.41, 5.74) is 5.74. The zero-order valence-corrected chi connectivity index (χ0v) is 27.4. The van der Waals surface area contributed by atoms with Gasteiger partial charge in [0.15, 0.2) is 11.5 Å². The maximum atomic E-state index is 12.7. The number of carbonyl (C=O) groups excluding carboxylic acids is 4. The molecular weight excluding hydrogens is 562 g/mol. The van der Waals surface area contributed by atoms with Crippen LogP contribution in [0.3, 0.4) is 0 Å². The smallest absolute Gasteiger partial charge is 0.458 e. The van der Waals surface area contributed by atoms with Gasteiger partial charge < -0.3 is 38.9 Å². The molecule has 0 radical (unpaired) electrons. The average molecular weight is 612 g/mol. The van der Waals surface area contributed by atoms with E-state index in [1.165, 1.54) is 12.1 Å². The molecule has 0 aliphatic carbocycles. The van der Waals surface area contributed by atoms with Gasteiger partial charge >= 0.3 is 24.4 Å². The second kappa shape index (κ2) is 15.8. The zero-order chi connectivity index (χ0) is 33.2. The molecule has 12 nitrogen and oxygen atoms in total. The van der Waals surface area contributed by atoms with Crippen LogP contribution in [-0.2, 0) is 34.9 Å². The number of benzene rings is 1. The predicted molar refractivity (Wildman–Crippen MR) is 158 cm³/mol. The van der Waals surface area contributed by atoms with Crippen molar-refractivity contribution in [1.29, 1.82) is 0 Å². The standard InChI is InChI=1S/C31H49NO11/c1-19(20(2)41-26(34)37-16-29(3,4)5)40-25(33)22(32)14-21-12-13-23(42-27(35)38-17-30(6,7)8)24(15-21)43-28(36)39-18-31(9,10)11/h12-13,15,19-20,22H,14,16-18,32H2,1-11H3/t19-,20?,22-/m0/s1. The number of carbonyl (C=O) groups is 4. The Labute approximate surface area is 254 Å². The highest BCUT2D eigenvalue weighted by Crippen LogP contribution is 2.30. The minimum absolute atomic E-state index is 0.0173. The van der Waals surface area contributed by atoms with E-state index in [4.69, 9.17) is 38.9 Å². The van der Waals surface area contributed by atoms with E-state index in [0.29, 0.717) is 5.56 Å². The fraction of sp³-hybridized carbons (Fsp3) is 0.677. The predicted octanol–water partition coefficient (Wildman–Crippen LogP) is 6.20. The van der Waals surface area contributed by atoms with Crippen LogP contribution in [0.15, 0.2) is 18.2 Å². The summed E-state index contributed by atoms with van der Waals surface area (Å²) in [6, 6.07) is 3.22. The van der Waals surface area contributed by atoms with Crippen molar-refractivity contribution in [3.05, 3.63) is 23.8 Å². The minimum atomic E-state index is -1.12. The number of rotatable bonds is 11. The van der Waals surface area contributed by atoms with Crippen LogP contribution in [0.4, 0.5) is 14.4 Å². The van der Waals surface area contributed by atoms with Crippen LogP contribution in [0.5, 0.6) is 11.5 Å². The van der Waals surface area contributed by atoms with Crippen LogP contribution in [0.25, 0.3) is 0 Å². The zero-order valence-electron chi connectivity index (χ0n) is 27.4. The lowest BCUT2D eigenvalue weighted by Crippen LogP contribution is -2.39. The third kappa shape index (κ3) is 16.6. The molecule has 0 heterocycles. The lowest BCUT2D eigenvalue weighted by Gasteiger charge is -2.23. The Morgan fingerprint density at radius 3 is 1.53 bits per heavy atom. The topological polar surface area (TPSA) is 159 Å². The van der Waals surface area contributed by atoms with Crippen molar-refractivity contribution in [2.75, 3.05) is 19.8 Å². The van der Waals surface area contributed by atoms with Gasteiger partial charge in [0.25, 0.3) is 0 Å².